The van der Waals surface area contributed by atoms with Crippen LogP contribution >= 0.6 is 0 Å². The number of hydrogen-bond donors (Lipinski definition) is 1. The molecule has 0 atom stereocenters. The summed E-state index contributed by atoms with van der Waals surface area (Å²) in [6.07, 6.45) is -0.793. The van der Waals surface area contributed by atoms with Gasteiger partial charge >= 0.3 is 0 Å². The van der Waals surface area contributed by atoms with Crippen molar-refractivity contribution in [1.29, 1.82) is 0 Å². The molecule has 0 heterocycles. The molecule has 1 amide bonds. The van der Waals surface area contributed by atoms with Crippen LogP contribution in [0.3, 0.4) is 0 Å². The number of halogens is 2. The molecule has 5 heteroatoms. The van der Waals surface area contributed by atoms with Crippen LogP contribution in [0.2, 0.25) is 0 Å². The summed E-state index contributed by atoms with van der Waals surface area (Å²) in [6.45, 7) is 5.82. The molecule has 0 bridgehead atoms. The average molecular weight is 361 g/mol. The molecule has 0 unspecified atom stereocenters. The molecule has 0 aromatic heterocycles. The fourth-order valence-corrected chi connectivity index (χ4v) is 2.76. The molecule has 2 rings (SSSR count). The molecule has 26 heavy (non-hydrogen) atoms. The Morgan fingerprint density at radius 2 is 1.88 bits per heavy atom. The van der Waals surface area contributed by atoms with E-state index in [9.17, 15) is 13.6 Å². The molecule has 140 valence electrons. The van der Waals surface area contributed by atoms with E-state index in [0.29, 0.717) is 18.5 Å². The number of nitrogens with one attached hydrogen (secondary N) is 1. The first-order valence-electron chi connectivity index (χ1n) is 8.94. The van der Waals surface area contributed by atoms with Gasteiger partial charge in [-0.25, -0.2) is 8.78 Å². The smallest absolute Gasteiger partial charge is 0.267 e. The monoisotopic (exact) mass is 361 g/mol. The van der Waals surface area contributed by atoms with Crippen LogP contribution in [0.25, 0.3) is 0 Å². The third-order valence-corrected chi connectivity index (χ3v) is 4.34. The highest BCUT2D eigenvalue weighted by molar-refractivity contribution is 5.91. The van der Waals surface area contributed by atoms with Gasteiger partial charge in [0.05, 0.1) is 5.56 Å². The molecule has 0 aliphatic rings. The van der Waals surface area contributed by atoms with Crippen LogP contribution in [0.15, 0.2) is 36.4 Å². The van der Waals surface area contributed by atoms with Crippen molar-refractivity contribution in [2.75, 3.05) is 5.32 Å². The van der Waals surface area contributed by atoms with Crippen LogP contribution in [-0.2, 0) is 24.2 Å². The second kappa shape index (κ2) is 9.32. The molecule has 3 nitrogen and oxygen atoms in total. The lowest BCUT2D eigenvalue weighted by Crippen LogP contribution is -2.13. The number of anilines is 1. The molecule has 0 aliphatic heterocycles. The minimum atomic E-state index is -2.60. The number of aryl methyl sites for hydroxylation is 2. The van der Waals surface area contributed by atoms with E-state index in [1.54, 1.807) is 25.1 Å². The van der Waals surface area contributed by atoms with Gasteiger partial charge in [0.2, 0.25) is 5.91 Å². The predicted molar refractivity (Wildman–Crippen MR) is 99.8 cm³/mol. The summed E-state index contributed by atoms with van der Waals surface area (Å²) in [4.78, 5) is 11.8. The molecule has 0 radical (unpaired) electrons. The quantitative estimate of drug-likeness (QED) is 0.657. The van der Waals surface area contributed by atoms with Crippen molar-refractivity contribution in [3.8, 4) is 5.75 Å². The number of carbonyl (C=O) groups is 1. The summed E-state index contributed by atoms with van der Waals surface area (Å²) in [6, 6.07) is 10.5. The second-order valence-corrected chi connectivity index (χ2v) is 6.01. The molecule has 0 aliphatic carbocycles. The first-order valence-corrected chi connectivity index (χ1v) is 8.94. The SMILES string of the molecule is CCC(=O)Nc1cccc(CC)c1COc1ccc(CC)cc1C(F)F. The second-order valence-electron chi connectivity index (χ2n) is 6.01. The van der Waals surface area contributed by atoms with Gasteiger partial charge in [0.25, 0.3) is 6.43 Å². The van der Waals surface area contributed by atoms with Gasteiger partial charge in [-0.05, 0) is 42.2 Å². The third kappa shape index (κ3) is 4.81. The van der Waals surface area contributed by atoms with E-state index in [0.717, 1.165) is 23.1 Å². The maximum Gasteiger partial charge on any atom is 0.267 e. The van der Waals surface area contributed by atoms with Crippen molar-refractivity contribution in [2.45, 2.75) is 53.1 Å². The van der Waals surface area contributed by atoms with Gasteiger partial charge < -0.3 is 10.1 Å². The van der Waals surface area contributed by atoms with Gasteiger partial charge in [-0.1, -0.05) is 39.0 Å². The van der Waals surface area contributed by atoms with Crippen LogP contribution in [0.1, 0.15) is 55.9 Å². The first-order chi connectivity index (χ1) is 12.5. The first kappa shape index (κ1) is 19.9. The standard InChI is InChI=1S/C21H25F2NO2/c1-4-14-10-11-19(16(12-14)21(22)23)26-13-17-15(5-2)8-7-9-18(17)24-20(25)6-3/h7-12,21H,4-6,13H2,1-3H3,(H,24,25). The number of amides is 1. The molecule has 0 fully saturated rings. The van der Waals surface area contributed by atoms with Crippen molar-refractivity contribution < 1.29 is 18.3 Å². The summed E-state index contributed by atoms with van der Waals surface area (Å²) >= 11 is 0. The molecule has 0 saturated carbocycles. The van der Waals surface area contributed by atoms with E-state index < -0.39 is 6.43 Å². The summed E-state index contributed by atoms with van der Waals surface area (Å²) in [5, 5.41) is 2.86. The topological polar surface area (TPSA) is 38.3 Å². The summed E-state index contributed by atoms with van der Waals surface area (Å²) in [5.74, 6) is 0.0796. The van der Waals surface area contributed by atoms with E-state index in [4.69, 9.17) is 4.74 Å². The molecule has 2 aromatic carbocycles. The maximum absolute atomic E-state index is 13.4. The number of ether oxygens (including phenoxy) is 1. The number of hydrogen-bond acceptors (Lipinski definition) is 2. The summed E-state index contributed by atoms with van der Waals surface area (Å²) in [7, 11) is 0. The van der Waals surface area contributed by atoms with Gasteiger partial charge in [0.1, 0.15) is 12.4 Å². The fraction of sp³-hybridized carbons (Fsp3) is 0.381. The molecular weight excluding hydrogens is 336 g/mol. The number of rotatable bonds is 8. The van der Waals surface area contributed by atoms with E-state index in [2.05, 4.69) is 5.32 Å². The fourth-order valence-electron chi connectivity index (χ4n) is 2.76. The van der Waals surface area contributed by atoms with Crippen molar-refractivity contribution in [3.05, 3.63) is 58.7 Å². The van der Waals surface area contributed by atoms with Crippen LogP contribution in [0, 0.1) is 0 Å². The van der Waals surface area contributed by atoms with Crippen molar-refractivity contribution >= 4 is 11.6 Å². The maximum atomic E-state index is 13.4. The van der Waals surface area contributed by atoms with E-state index in [-0.39, 0.29) is 23.8 Å². The van der Waals surface area contributed by atoms with Crippen molar-refractivity contribution in [3.63, 3.8) is 0 Å². The molecule has 1 N–H and O–H groups in total. The van der Waals surface area contributed by atoms with Crippen LogP contribution in [0.4, 0.5) is 14.5 Å². The molecule has 0 spiro atoms. The van der Waals surface area contributed by atoms with Gasteiger partial charge in [-0.15, -0.1) is 0 Å². The number of alkyl halides is 2. The minimum Gasteiger partial charge on any atom is -0.488 e. The highest BCUT2D eigenvalue weighted by atomic mass is 19.3. The van der Waals surface area contributed by atoms with Gasteiger partial charge in [0, 0.05) is 17.7 Å². The Morgan fingerprint density at radius 1 is 1.12 bits per heavy atom. The van der Waals surface area contributed by atoms with Crippen molar-refractivity contribution in [1.82, 2.24) is 0 Å². The Hall–Kier alpha value is -2.43. The normalized spacial score (nSPS) is 10.8. The van der Waals surface area contributed by atoms with E-state index in [1.165, 1.54) is 6.07 Å². The van der Waals surface area contributed by atoms with Crippen LogP contribution < -0.4 is 10.1 Å². The van der Waals surface area contributed by atoms with Crippen LogP contribution in [-0.4, -0.2) is 5.91 Å². The highest BCUT2D eigenvalue weighted by Gasteiger charge is 2.16. The Morgan fingerprint density at radius 3 is 2.50 bits per heavy atom. The number of carbonyl (C=O) groups excluding carboxylic acids is 1. The Bertz CT molecular complexity index is 760. The molecule has 0 saturated heterocycles. The average Bonchev–Trinajstić information content (AvgIpc) is 2.66. The van der Waals surface area contributed by atoms with E-state index in [1.807, 2.05) is 26.0 Å². The lowest BCUT2D eigenvalue weighted by Gasteiger charge is -2.17. The minimum absolute atomic E-state index is 0.0972. The lowest BCUT2D eigenvalue weighted by molar-refractivity contribution is -0.115. The van der Waals surface area contributed by atoms with Gasteiger partial charge in [-0.2, -0.15) is 0 Å². The highest BCUT2D eigenvalue weighted by Crippen LogP contribution is 2.32. The van der Waals surface area contributed by atoms with Gasteiger partial charge in [0.15, 0.2) is 0 Å². The Labute approximate surface area is 153 Å². The van der Waals surface area contributed by atoms with Crippen molar-refractivity contribution in [2.24, 2.45) is 0 Å². The largest absolute Gasteiger partial charge is 0.488 e. The molecule has 2 aromatic rings. The number of benzene rings is 2. The Kier molecular flexibility index (Phi) is 7.13. The molecular formula is C21H25F2NO2. The Balaban J connectivity index is 2.30. The third-order valence-electron chi connectivity index (χ3n) is 4.34. The van der Waals surface area contributed by atoms with Crippen LogP contribution in [0.5, 0.6) is 5.75 Å². The van der Waals surface area contributed by atoms with E-state index >= 15 is 0 Å². The zero-order valence-electron chi connectivity index (χ0n) is 15.4. The summed E-state index contributed by atoms with van der Waals surface area (Å²) < 4.78 is 32.5. The van der Waals surface area contributed by atoms with Gasteiger partial charge in [-0.3, -0.25) is 4.79 Å². The zero-order chi connectivity index (χ0) is 19.1. The summed E-state index contributed by atoms with van der Waals surface area (Å²) in [5.41, 5.74) is 3.24. The zero-order valence-corrected chi connectivity index (χ0v) is 15.4. The lowest BCUT2D eigenvalue weighted by atomic mass is 10.0. The predicted octanol–water partition coefficient (Wildman–Crippen LogP) is 5.68.